The fraction of sp³-hybridized carbons (Fsp3) is 0.350. The van der Waals surface area contributed by atoms with Gasteiger partial charge < -0.3 is 10.1 Å². The SMILES string of the molecule is CCOc1ccccc1CCC(=O)N[C@H](C)c1ccc(S(C)(=O)=O)cc1. The van der Waals surface area contributed by atoms with Crippen LogP contribution in [0.5, 0.6) is 5.75 Å². The molecule has 2 aromatic carbocycles. The first kappa shape index (κ1) is 20.0. The number of aryl methyl sites for hydroxylation is 1. The molecule has 0 aliphatic heterocycles. The predicted octanol–water partition coefficient (Wildman–Crippen LogP) is 3.30. The summed E-state index contributed by atoms with van der Waals surface area (Å²) in [7, 11) is -3.22. The van der Waals surface area contributed by atoms with Crippen LogP contribution in [0.1, 0.15) is 37.4 Å². The standard InChI is InChI=1S/C20H25NO4S/c1-4-25-19-8-6-5-7-17(19)11-14-20(22)21-15(2)16-9-12-18(13-10-16)26(3,23)24/h5-10,12-13,15H,4,11,14H2,1-3H3,(H,21,22)/t15-/m1/s1. The molecule has 5 nitrogen and oxygen atoms in total. The number of carbonyl (C=O) groups excluding carboxylic acids is 1. The molecular formula is C20H25NO4S. The van der Waals surface area contributed by atoms with E-state index >= 15 is 0 Å². The molecule has 0 saturated carbocycles. The van der Waals surface area contributed by atoms with Gasteiger partial charge in [-0.15, -0.1) is 0 Å². The van der Waals surface area contributed by atoms with E-state index in [1.807, 2.05) is 38.1 Å². The van der Waals surface area contributed by atoms with E-state index in [4.69, 9.17) is 4.74 Å². The van der Waals surface area contributed by atoms with Crippen molar-refractivity contribution in [1.82, 2.24) is 5.32 Å². The molecule has 0 fully saturated rings. The molecule has 2 rings (SSSR count). The van der Waals surface area contributed by atoms with Gasteiger partial charge in [-0.25, -0.2) is 8.42 Å². The lowest BCUT2D eigenvalue weighted by molar-refractivity contribution is -0.121. The van der Waals surface area contributed by atoms with Gasteiger partial charge in [0.25, 0.3) is 0 Å². The zero-order valence-corrected chi connectivity index (χ0v) is 16.2. The minimum atomic E-state index is -3.22. The molecule has 0 heterocycles. The van der Waals surface area contributed by atoms with E-state index in [0.29, 0.717) is 19.4 Å². The summed E-state index contributed by atoms with van der Waals surface area (Å²) in [6, 6.07) is 14.1. The molecule has 1 amide bonds. The van der Waals surface area contributed by atoms with Gasteiger partial charge >= 0.3 is 0 Å². The van der Waals surface area contributed by atoms with Crippen molar-refractivity contribution in [2.24, 2.45) is 0 Å². The lowest BCUT2D eigenvalue weighted by atomic mass is 10.1. The van der Waals surface area contributed by atoms with Crippen LogP contribution in [0.3, 0.4) is 0 Å². The normalized spacial score (nSPS) is 12.4. The number of benzene rings is 2. The molecule has 2 aromatic rings. The Morgan fingerprint density at radius 2 is 1.77 bits per heavy atom. The smallest absolute Gasteiger partial charge is 0.220 e. The Kier molecular flexibility index (Phi) is 6.80. The number of ether oxygens (including phenoxy) is 1. The van der Waals surface area contributed by atoms with Crippen LogP contribution < -0.4 is 10.1 Å². The van der Waals surface area contributed by atoms with Crippen LogP contribution in [-0.4, -0.2) is 27.2 Å². The van der Waals surface area contributed by atoms with Crippen molar-refractivity contribution in [3.05, 3.63) is 59.7 Å². The number of hydrogen-bond donors (Lipinski definition) is 1. The third-order valence-corrected chi connectivity index (χ3v) is 5.21. The van der Waals surface area contributed by atoms with Crippen molar-refractivity contribution in [3.63, 3.8) is 0 Å². The minimum Gasteiger partial charge on any atom is -0.494 e. The van der Waals surface area contributed by atoms with E-state index in [0.717, 1.165) is 16.9 Å². The highest BCUT2D eigenvalue weighted by molar-refractivity contribution is 7.90. The molecule has 26 heavy (non-hydrogen) atoms. The van der Waals surface area contributed by atoms with Crippen molar-refractivity contribution in [3.8, 4) is 5.75 Å². The van der Waals surface area contributed by atoms with Crippen LogP contribution in [0.2, 0.25) is 0 Å². The van der Waals surface area contributed by atoms with Crippen LogP contribution in [-0.2, 0) is 21.1 Å². The molecule has 0 radical (unpaired) electrons. The Morgan fingerprint density at radius 1 is 1.12 bits per heavy atom. The van der Waals surface area contributed by atoms with Crippen molar-refractivity contribution in [2.45, 2.75) is 37.6 Å². The van der Waals surface area contributed by atoms with E-state index in [-0.39, 0.29) is 16.8 Å². The van der Waals surface area contributed by atoms with E-state index in [1.54, 1.807) is 24.3 Å². The van der Waals surface area contributed by atoms with E-state index in [2.05, 4.69) is 5.32 Å². The van der Waals surface area contributed by atoms with Gasteiger partial charge in [0.05, 0.1) is 17.5 Å². The lowest BCUT2D eigenvalue weighted by Crippen LogP contribution is -2.26. The first-order chi connectivity index (χ1) is 12.3. The highest BCUT2D eigenvalue weighted by atomic mass is 32.2. The molecule has 0 aliphatic carbocycles. The van der Waals surface area contributed by atoms with E-state index in [9.17, 15) is 13.2 Å². The summed E-state index contributed by atoms with van der Waals surface area (Å²) in [6.45, 7) is 4.39. The molecule has 6 heteroatoms. The molecule has 1 atom stereocenters. The molecule has 0 bridgehead atoms. The van der Waals surface area contributed by atoms with Gasteiger partial charge in [0, 0.05) is 12.7 Å². The summed E-state index contributed by atoms with van der Waals surface area (Å²) < 4.78 is 28.6. The van der Waals surface area contributed by atoms with Crippen LogP contribution in [0.15, 0.2) is 53.4 Å². The van der Waals surface area contributed by atoms with Gasteiger partial charge in [-0.3, -0.25) is 4.79 Å². The summed E-state index contributed by atoms with van der Waals surface area (Å²) >= 11 is 0. The fourth-order valence-electron chi connectivity index (χ4n) is 2.66. The van der Waals surface area contributed by atoms with Gasteiger partial charge in [-0.2, -0.15) is 0 Å². The van der Waals surface area contributed by atoms with E-state index < -0.39 is 9.84 Å². The summed E-state index contributed by atoms with van der Waals surface area (Å²) in [6.07, 6.45) is 2.13. The summed E-state index contributed by atoms with van der Waals surface area (Å²) in [5.74, 6) is 0.753. The van der Waals surface area contributed by atoms with Crippen molar-refractivity contribution < 1.29 is 17.9 Å². The maximum Gasteiger partial charge on any atom is 0.220 e. The zero-order valence-electron chi connectivity index (χ0n) is 15.4. The quantitative estimate of drug-likeness (QED) is 0.768. The number of nitrogens with one attached hydrogen (secondary N) is 1. The highest BCUT2D eigenvalue weighted by Crippen LogP contribution is 2.20. The van der Waals surface area contributed by atoms with Crippen molar-refractivity contribution >= 4 is 15.7 Å². The largest absolute Gasteiger partial charge is 0.494 e. The Hall–Kier alpha value is -2.34. The number of rotatable bonds is 8. The Morgan fingerprint density at radius 3 is 2.38 bits per heavy atom. The Bertz CT molecular complexity index is 844. The molecular weight excluding hydrogens is 350 g/mol. The highest BCUT2D eigenvalue weighted by Gasteiger charge is 2.13. The molecule has 0 saturated heterocycles. The monoisotopic (exact) mass is 375 g/mol. The van der Waals surface area contributed by atoms with Crippen LogP contribution in [0, 0.1) is 0 Å². The number of sulfone groups is 1. The fourth-order valence-corrected chi connectivity index (χ4v) is 3.29. The zero-order chi connectivity index (χ0) is 19.2. The lowest BCUT2D eigenvalue weighted by Gasteiger charge is -2.15. The van der Waals surface area contributed by atoms with Crippen molar-refractivity contribution in [1.29, 1.82) is 0 Å². The van der Waals surface area contributed by atoms with Gasteiger partial charge in [0.15, 0.2) is 9.84 Å². The third-order valence-electron chi connectivity index (χ3n) is 4.08. The number of hydrogen-bond acceptors (Lipinski definition) is 4. The van der Waals surface area contributed by atoms with E-state index in [1.165, 1.54) is 6.26 Å². The molecule has 0 spiro atoms. The Labute approximate surface area is 155 Å². The molecule has 140 valence electrons. The van der Waals surface area contributed by atoms with Crippen LogP contribution >= 0.6 is 0 Å². The molecule has 0 aliphatic rings. The second kappa shape index (κ2) is 8.85. The van der Waals surface area contributed by atoms with Gasteiger partial charge in [-0.1, -0.05) is 30.3 Å². The number of para-hydroxylation sites is 1. The second-order valence-electron chi connectivity index (χ2n) is 6.17. The third kappa shape index (κ3) is 5.59. The molecule has 1 N–H and O–H groups in total. The van der Waals surface area contributed by atoms with Crippen molar-refractivity contribution in [2.75, 3.05) is 12.9 Å². The predicted molar refractivity (Wildman–Crippen MR) is 102 cm³/mol. The topological polar surface area (TPSA) is 72.5 Å². The summed E-state index contributed by atoms with van der Waals surface area (Å²) in [4.78, 5) is 12.5. The number of carbonyl (C=O) groups is 1. The number of amides is 1. The van der Waals surface area contributed by atoms with Crippen LogP contribution in [0.4, 0.5) is 0 Å². The first-order valence-electron chi connectivity index (χ1n) is 8.61. The first-order valence-corrected chi connectivity index (χ1v) is 10.5. The average Bonchev–Trinajstić information content (AvgIpc) is 2.60. The van der Waals surface area contributed by atoms with Gasteiger partial charge in [0.2, 0.25) is 5.91 Å². The maximum atomic E-state index is 12.2. The second-order valence-corrected chi connectivity index (χ2v) is 8.19. The van der Waals surface area contributed by atoms with Gasteiger partial charge in [-0.05, 0) is 49.6 Å². The Balaban J connectivity index is 1.93. The summed E-state index contributed by atoms with van der Waals surface area (Å²) in [5.41, 5.74) is 1.87. The van der Waals surface area contributed by atoms with Crippen LogP contribution in [0.25, 0.3) is 0 Å². The average molecular weight is 375 g/mol. The maximum absolute atomic E-state index is 12.2. The minimum absolute atomic E-state index is 0.0593. The summed E-state index contributed by atoms with van der Waals surface area (Å²) in [5, 5.41) is 2.95. The molecule has 0 aromatic heterocycles. The molecule has 0 unspecified atom stereocenters. The van der Waals surface area contributed by atoms with Gasteiger partial charge in [0.1, 0.15) is 5.75 Å².